The Kier molecular flexibility index (Phi) is 2.14. The molecule has 2 atom stereocenters. The molecule has 0 aliphatic carbocycles. The highest BCUT2D eigenvalue weighted by Crippen LogP contribution is 2.08. The average Bonchev–Trinajstić information content (AvgIpc) is 1.65. The van der Waals surface area contributed by atoms with Crippen LogP contribution in [0.3, 0.4) is 0 Å². The first-order valence-electron chi connectivity index (χ1n) is 2.55. The van der Waals surface area contributed by atoms with Gasteiger partial charge < -0.3 is 10.8 Å². The van der Waals surface area contributed by atoms with Gasteiger partial charge in [-0.05, 0) is 13.8 Å². The van der Waals surface area contributed by atoms with Crippen LogP contribution in [0.2, 0.25) is 0 Å². The maximum atomic E-state index is 12.2. The molecule has 0 spiro atoms. The zero-order valence-corrected chi connectivity index (χ0v) is 5.39. The lowest BCUT2D eigenvalue weighted by molar-refractivity contribution is -0.144. The van der Waals surface area contributed by atoms with Gasteiger partial charge in [0.25, 0.3) is 0 Å². The fourth-order valence-electron chi connectivity index (χ4n) is 0.170. The van der Waals surface area contributed by atoms with Crippen LogP contribution in [-0.4, -0.2) is 22.8 Å². The summed E-state index contributed by atoms with van der Waals surface area (Å²) in [5, 5.41) is 8.25. The van der Waals surface area contributed by atoms with E-state index in [1.807, 2.05) is 0 Å². The Morgan fingerprint density at radius 3 is 2.22 bits per heavy atom. The number of carboxylic acid groups (broad SMARTS) is 1. The topological polar surface area (TPSA) is 63.3 Å². The highest BCUT2D eigenvalue weighted by molar-refractivity contribution is 5.78. The fourth-order valence-corrected chi connectivity index (χ4v) is 0.170. The quantitative estimate of drug-likeness (QED) is 0.566. The number of rotatable bonds is 2. The van der Waals surface area contributed by atoms with E-state index in [0.29, 0.717) is 0 Å². The average molecular weight is 135 g/mol. The molecule has 0 aromatic carbocycles. The molecule has 0 aromatic rings. The maximum absolute atomic E-state index is 12.2. The van der Waals surface area contributed by atoms with Crippen LogP contribution < -0.4 is 5.73 Å². The van der Waals surface area contributed by atoms with E-state index in [1.165, 1.54) is 0 Å². The second-order valence-corrected chi connectivity index (χ2v) is 2.20. The van der Waals surface area contributed by atoms with Crippen molar-refractivity contribution in [1.29, 1.82) is 0 Å². The number of hydrogen-bond donors (Lipinski definition) is 2. The molecule has 0 fully saturated rings. The summed E-state index contributed by atoms with van der Waals surface area (Å²) in [5.74, 6) is -1.32. The summed E-state index contributed by atoms with van der Waals surface area (Å²) in [6, 6.07) is 0. The van der Waals surface area contributed by atoms with E-state index in [9.17, 15) is 9.18 Å². The summed E-state index contributed by atoms with van der Waals surface area (Å²) >= 11 is 0. The summed E-state index contributed by atoms with van der Waals surface area (Å²) in [5.41, 5.74) is 3.28. The van der Waals surface area contributed by atoms with Crippen molar-refractivity contribution in [3.8, 4) is 0 Å². The van der Waals surface area contributed by atoms with Gasteiger partial charge >= 0.3 is 5.97 Å². The van der Waals surface area contributed by atoms with Crippen molar-refractivity contribution < 1.29 is 14.3 Å². The van der Waals surface area contributed by atoms with E-state index in [-0.39, 0.29) is 0 Å². The van der Waals surface area contributed by atoms with Crippen LogP contribution >= 0.6 is 0 Å². The molecule has 3 N–H and O–H groups in total. The standard InChI is InChI=1S/C5H10FNO2/c1-3(6)5(2,7)4(8)9/h3H,7H2,1-2H3,(H,8,9)/t3?,5-/m1/s1. The summed E-state index contributed by atoms with van der Waals surface area (Å²) < 4.78 is 12.2. The van der Waals surface area contributed by atoms with Crippen LogP contribution in [0, 0.1) is 0 Å². The third-order valence-electron chi connectivity index (χ3n) is 1.29. The Morgan fingerprint density at radius 2 is 2.22 bits per heavy atom. The van der Waals surface area contributed by atoms with Crippen LogP contribution in [0.25, 0.3) is 0 Å². The van der Waals surface area contributed by atoms with Crippen molar-refractivity contribution in [1.82, 2.24) is 0 Å². The molecule has 54 valence electrons. The summed E-state index contributed by atoms with van der Waals surface area (Å²) in [6.45, 7) is 2.26. The molecule has 1 unspecified atom stereocenters. The van der Waals surface area contributed by atoms with Crippen LogP contribution in [0.1, 0.15) is 13.8 Å². The van der Waals surface area contributed by atoms with Crippen molar-refractivity contribution in [2.75, 3.05) is 0 Å². The molecule has 3 nitrogen and oxygen atoms in total. The Labute approximate surface area is 52.7 Å². The van der Waals surface area contributed by atoms with Crippen molar-refractivity contribution in [2.24, 2.45) is 5.73 Å². The third-order valence-corrected chi connectivity index (χ3v) is 1.29. The van der Waals surface area contributed by atoms with E-state index in [4.69, 9.17) is 10.8 Å². The molecular weight excluding hydrogens is 125 g/mol. The first-order chi connectivity index (χ1) is 3.89. The maximum Gasteiger partial charge on any atom is 0.326 e. The lowest BCUT2D eigenvalue weighted by Crippen LogP contribution is -2.51. The van der Waals surface area contributed by atoms with Crippen molar-refractivity contribution in [3.63, 3.8) is 0 Å². The molecule has 9 heavy (non-hydrogen) atoms. The molecule has 0 saturated heterocycles. The smallest absolute Gasteiger partial charge is 0.326 e. The Hall–Kier alpha value is -0.640. The second-order valence-electron chi connectivity index (χ2n) is 2.20. The highest BCUT2D eigenvalue weighted by Gasteiger charge is 2.34. The molecule has 4 heteroatoms. The minimum Gasteiger partial charge on any atom is -0.480 e. The van der Waals surface area contributed by atoms with Gasteiger partial charge in [-0.15, -0.1) is 0 Å². The van der Waals surface area contributed by atoms with E-state index in [1.54, 1.807) is 0 Å². The predicted octanol–water partition coefficient (Wildman–Crippen LogP) is 0.146. The van der Waals surface area contributed by atoms with Crippen molar-refractivity contribution in [2.45, 2.75) is 25.6 Å². The Bertz CT molecular complexity index is 122. The number of nitrogens with two attached hydrogens (primary N) is 1. The minimum absolute atomic E-state index is 1.12. The Morgan fingerprint density at radius 1 is 1.89 bits per heavy atom. The van der Waals surface area contributed by atoms with Gasteiger partial charge in [-0.3, -0.25) is 4.79 Å². The Balaban J connectivity index is 4.19. The second kappa shape index (κ2) is 2.31. The molecule has 0 rings (SSSR count). The molecule has 0 aromatic heterocycles. The van der Waals surface area contributed by atoms with Crippen LogP contribution in [0.15, 0.2) is 0 Å². The fraction of sp³-hybridized carbons (Fsp3) is 0.800. The summed E-state index contributed by atoms with van der Waals surface area (Å²) in [4.78, 5) is 10.1. The van der Waals surface area contributed by atoms with Gasteiger partial charge in [0.15, 0.2) is 0 Å². The van der Waals surface area contributed by atoms with Gasteiger partial charge in [-0.2, -0.15) is 0 Å². The van der Waals surface area contributed by atoms with E-state index >= 15 is 0 Å². The van der Waals surface area contributed by atoms with Gasteiger partial charge in [-0.25, -0.2) is 4.39 Å². The molecule has 0 saturated carbocycles. The van der Waals surface area contributed by atoms with E-state index < -0.39 is 17.7 Å². The molecule has 0 radical (unpaired) electrons. The number of alkyl halides is 1. The van der Waals surface area contributed by atoms with Crippen molar-refractivity contribution in [3.05, 3.63) is 0 Å². The number of carbonyl (C=O) groups is 1. The van der Waals surface area contributed by atoms with Crippen LogP contribution in [0.4, 0.5) is 4.39 Å². The van der Waals surface area contributed by atoms with E-state index in [2.05, 4.69) is 0 Å². The number of aliphatic carboxylic acids is 1. The molecule has 0 amide bonds. The number of carboxylic acids is 1. The largest absolute Gasteiger partial charge is 0.480 e. The number of hydrogen-bond acceptors (Lipinski definition) is 2. The highest BCUT2D eigenvalue weighted by atomic mass is 19.1. The van der Waals surface area contributed by atoms with Gasteiger partial charge in [0.1, 0.15) is 11.7 Å². The lowest BCUT2D eigenvalue weighted by Gasteiger charge is -2.19. The SMILES string of the molecule is CC(F)[C@@](C)(N)C(=O)O. The zero-order chi connectivity index (χ0) is 7.65. The molecular formula is C5H10FNO2. The first-order valence-corrected chi connectivity index (χ1v) is 2.55. The predicted molar refractivity (Wildman–Crippen MR) is 30.8 cm³/mol. The zero-order valence-electron chi connectivity index (χ0n) is 5.39. The molecule has 0 aliphatic heterocycles. The normalized spacial score (nSPS) is 20.4. The van der Waals surface area contributed by atoms with E-state index in [0.717, 1.165) is 13.8 Å². The van der Waals surface area contributed by atoms with Gasteiger partial charge in [0.05, 0.1) is 0 Å². The molecule has 0 aliphatic rings. The monoisotopic (exact) mass is 135 g/mol. The third kappa shape index (κ3) is 1.64. The lowest BCUT2D eigenvalue weighted by atomic mass is 9.99. The van der Waals surface area contributed by atoms with Crippen molar-refractivity contribution >= 4 is 5.97 Å². The minimum atomic E-state index is -1.75. The van der Waals surface area contributed by atoms with Crippen LogP contribution in [-0.2, 0) is 4.79 Å². The molecule has 0 bridgehead atoms. The van der Waals surface area contributed by atoms with Gasteiger partial charge in [0.2, 0.25) is 0 Å². The summed E-state index contributed by atoms with van der Waals surface area (Å²) in [7, 11) is 0. The number of halogens is 1. The summed E-state index contributed by atoms with van der Waals surface area (Å²) in [6.07, 6.45) is -1.53. The van der Waals surface area contributed by atoms with Gasteiger partial charge in [-0.1, -0.05) is 0 Å². The first kappa shape index (κ1) is 8.36. The van der Waals surface area contributed by atoms with Crippen LogP contribution in [0.5, 0.6) is 0 Å². The van der Waals surface area contributed by atoms with Gasteiger partial charge in [0, 0.05) is 0 Å². The molecule has 0 heterocycles.